The molecule has 2 aromatic rings. The van der Waals surface area contributed by atoms with Crippen LogP contribution in [-0.2, 0) is 6.42 Å². The molecule has 1 aliphatic heterocycles. The summed E-state index contributed by atoms with van der Waals surface area (Å²) in [5, 5.41) is 6.34. The number of hydrogen-bond acceptors (Lipinski definition) is 4. The highest BCUT2D eigenvalue weighted by atomic mass is 16.1. The van der Waals surface area contributed by atoms with Crippen molar-refractivity contribution in [2.75, 3.05) is 13.1 Å². The third-order valence-corrected chi connectivity index (χ3v) is 3.15. The Morgan fingerprint density at radius 3 is 3.18 bits per heavy atom. The molecule has 90 valence electrons. The summed E-state index contributed by atoms with van der Waals surface area (Å²) >= 11 is 0. The summed E-state index contributed by atoms with van der Waals surface area (Å²) in [5.74, 6) is 1.91. The van der Waals surface area contributed by atoms with Crippen molar-refractivity contribution in [1.82, 2.24) is 24.9 Å². The van der Waals surface area contributed by atoms with Crippen molar-refractivity contribution in [3.63, 3.8) is 0 Å². The van der Waals surface area contributed by atoms with Gasteiger partial charge in [-0.15, -0.1) is 0 Å². The Kier molecular flexibility index (Phi) is 2.44. The van der Waals surface area contributed by atoms with Crippen LogP contribution in [0.4, 0.5) is 0 Å². The SMILES string of the molecule is Cc1cc(=O)n2[nH]c(CC3CCNC3)nc2n1. The lowest BCUT2D eigenvalue weighted by molar-refractivity contribution is 0.561. The van der Waals surface area contributed by atoms with E-state index in [2.05, 4.69) is 20.4 Å². The second-order valence-electron chi connectivity index (χ2n) is 4.60. The number of nitrogens with one attached hydrogen (secondary N) is 2. The van der Waals surface area contributed by atoms with Crippen molar-refractivity contribution < 1.29 is 0 Å². The van der Waals surface area contributed by atoms with E-state index in [1.165, 1.54) is 17.0 Å². The molecule has 3 rings (SSSR count). The molecule has 2 aromatic heterocycles. The average Bonchev–Trinajstić information content (AvgIpc) is 2.87. The van der Waals surface area contributed by atoms with Crippen molar-refractivity contribution in [2.24, 2.45) is 5.92 Å². The van der Waals surface area contributed by atoms with Gasteiger partial charge >= 0.3 is 0 Å². The van der Waals surface area contributed by atoms with Gasteiger partial charge in [0.2, 0.25) is 0 Å². The Labute approximate surface area is 98.1 Å². The molecule has 17 heavy (non-hydrogen) atoms. The maximum atomic E-state index is 11.7. The summed E-state index contributed by atoms with van der Waals surface area (Å²) in [6, 6.07) is 1.51. The maximum absolute atomic E-state index is 11.7. The molecular weight excluding hydrogens is 218 g/mol. The number of hydrogen-bond donors (Lipinski definition) is 2. The number of aryl methyl sites for hydroxylation is 1. The van der Waals surface area contributed by atoms with Gasteiger partial charge in [0.05, 0.1) is 0 Å². The first kappa shape index (κ1) is 10.5. The summed E-state index contributed by atoms with van der Waals surface area (Å²) in [6.45, 7) is 3.90. The van der Waals surface area contributed by atoms with Crippen LogP contribution < -0.4 is 10.9 Å². The molecule has 1 saturated heterocycles. The monoisotopic (exact) mass is 233 g/mol. The van der Waals surface area contributed by atoms with Gasteiger partial charge in [-0.05, 0) is 32.4 Å². The van der Waals surface area contributed by atoms with Gasteiger partial charge in [-0.1, -0.05) is 0 Å². The second kappa shape index (κ2) is 3.96. The molecule has 0 aliphatic carbocycles. The van der Waals surface area contributed by atoms with Crippen LogP contribution in [0.15, 0.2) is 10.9 Å². The largest absolute Gasteiger partial charge is 0.316 e. The van der Waals surface area contributed by atoms with Gasteiger partial charge in [-0.25, -0.2) is 4.98 Å². The molecule has 1 aliphatic rings. The Bertz CT molecular complexity index is 593. The number of H-pyrrole nitrogens is 1. The van der Waals surface area contributed by atoms with Crippen molar-refractivity contribution >= 4 is 5.78 Å². The number of nitrogens with zero attached hydrogens (tertiary/aromatic N) is 3. The molecule has 0 spiro atoms. The van der Waals surface area contributed by atoms with Crippen LogP contribution >= 0.6 is 0 Å². The number of fused-ring (bicyclic) bond motifs is 1. The highest BCUT2D eigenvalue weighted by molar-refractivity contribution is 5.27. The van der Waals surface area contributed by atoms with E-state index in [1.54, 1.807) is 6.92 Å². The smallest absolute Gasteiger partial charge is 0.274 e. The van der Waals surface area contributed by atoms with E-state index in [1.807, 2.05) is 0 Å². The van der Waals surface area contributed by atoms with Crippen LogP contribution in [0.1, 0.15) is 17.9 Å². The average molecular weight is 233 g/mol. The summed E-state index contributed by atoms with van der Waals surface area (Å²) in [7, 11) is 0. The van der Waals surface area contributed by atoms with E-state index < -0.39 is 0 Å². The number of aromatic nitrogens is 4. The summed E-state index contributed by atoms with van der Waals surface area (Å²) in [4.78, 5) is 20.3. The zero-order chi connectivity index (χ0) is 11.8. The molecule has 2 N–H and O–H groups in total. The van der Waals surface area contributed by atoms with E-state index in [0.29, 0.717) is 17.4 Å². The van der Waals surface area contributed by atoms with Crippen molar-refractivity contribution in [2.45, 2.75) is 19.8 Å². The highest BCUT2D eigenvalue weighted by Gasteiger charge is 2.17. The zero-order valence-electron chi connectivity index (χ0n) is 9.73. The van der Waals surface area contributed by atoms with E-state index in [0.717, 1.165) is 25.3 Å². The van der Waals surface area contributed by atoms with Gasteiger partial charge in [0.15, 0.2) is 0 Å². The van der Waals surface area contributed by atoms with Crippen LogP contribution in [0, 0.1) is 12.8 Å². The van der Waals surface area contributed by atoms with Gasteiger partial charge in [0.25, 0.3) is 11.3 Å². The molecule has 6 nitrogen and oxygen atoms in total. The summed E-state index contributed by atoms with van der Waals surface area (Å²) in [6.07, 6.45) is 2.03. The van der Waals surface area contributed by atoms with E-state index in [4.69, 9.17) is 0 Å². The van der Waals surface area contributed by atoms with E-state index >= 15 is 0 Å². The molecule has 0 bridgehead atoms. The third kappa shape index (κ3) is 1.95. The predicted octanol–water partition coefficient (Wildman–Crippen LogP) is -0.122. The predicted molar refractivity (Wildman–Crippen MR) is 63.0 cm³/mol. The van der Waals surface area contributed by atoms with Crippen LogP contribution in [0.3, 0.4) is 0 Å². The number of rotatable bonds is 2. The highest BCUT2D eigenvalue weighted by Crippen LogP contribution is 2.12. The minimum absolute atomic E-state index is 0.101. The van der Waals surface area contributed by atoms with Crippen molar-refractivity contribution in [3.05, 3.63) is 27.9 Å². The van der Waals surface area contributed by atoms with E-state index in [9.17, 15) is 4.79 Å². The first-order valence-electron chi connectivity index (χ1n) is 5.88. The normalized spacial score (nSPS) is 20.2. The quantitative estimate of drug-likeness (QED) is 0.758. The summed E-state index contributed by atoms with van der Waals surface area (Å²) < 4.78 is 1.41. The molecule has 0 amide bonds. The van der Waals surface area contributed by atoms with Gasteiger partial charge < -0.3 is 5.32 Å². The first-order chi connectivity index (χ1) is 8.22. The molecule has 6 heteroatoms. The van der Waals surface area contributed by atoms with Gasteiger partial charge in [0.1, 0.15) is 5.82 Å². The maximum Gasteiger partial charge on any atom is 0.274 e. The molecular formula is C11H15N5O. The molecule has 1 atom stereocenters. The van der Waals surface area contributed by atoms with Gasteiger partial charge in [-0.2, -0.15) is 9.50 Å². The van der Waals surface area contributed by atoms with Crippen LogP contribution in [0.5, 0.6) is 0 Å². The minimum atomic E-state index is -0.101. The zero-order valence-corrected chi connectivity index (χ0v) is 9.73. The lowest BCUT2D eigenvalue weighted by Gasteiger charge is -2.03. The fourth-order valence-electron chi connectivity index (χ4n) is 2.29. The molecule has 3 heterocycles. The topological polar surface area (TPSA) is 75.1 Å². The van der Waals surface area contributed by atoms with Crippen LogP contribution in [0.2, 0.25) is 0 Å². The second-order valence-corrected chi connectivity index (χ2v) is 4.60. The van der Waals surface area contributed by atoms with Crippen LogP contribution in [0.25, 0.3) is 5.78 Å². The third-order valence-electron chi connectivity index (χ3n) is 3.15. The first-order valence-corrected chi connectivity index (χ1v) is 5.88. The molecule has 1 unspecified atom stereocenters. The number of aromatic amines is 1. The molecule has 0 aromatic carbocycles. The van der Waals surface area contributed by atoms with Crippen LogP contribution in [-0.4, -0.2) is 32.7 Å². The molecule has 0 radical (unpaired) electrons. The Morgan fingerprint density at radius 1 is 1.53 bits per heavy atom. The standard InChI is InChI=1S/C11H15N5O/c1-7-4-10(17)16-11(13-7)14-9(15-16)5-8-2-3-12-6-8/h4,8,12H,2-3,5-6H2,1H3,(H,13,14,15). The van der Waals surface area contributed by atoms with Gasteiger partial charge in [-0.3, -0.25) is 9.89 Å². The lowest BCUT2D eigenvalue weighted by Crippen LogP contribution is -2.15. The Hall–Kier alpha value is -1.69. The van der Waals surface area contributed by atoms with Crippen molar-refractivity contribution in [3.8, 4) is 0 Å². The minimum Gasteiger partial charge on any atom is -0.316 e. The molecule has 1 fully saturated rings. The summed E-state index contributed by atoms with van der Waals surface area (Å²) in [5.41, 5.74) is 0.603. The Morgan fingerprint density at radius 2 is 2.41 bits per heavy atom. The molecule has 0 saturated carbocycles. The van der Waals surface area contributed by atoms with Gasteiger partial charge in [0, 0.05) is 18.2 Å². The lowest BCUT2D eigenvalue weighted by atomic mass is 10.1. The van der Waals surface area contributed by atoms with Crippen molar-refractivity contribution in [1.29, 1.82) is 0 Å². The fourth-order valence-corrected chi connectivity index (χ4v) is 2.29. The van der Waals surface area contributed by atoms with E-state index in [-0.39, 0.29) is 5.56 Å². The fraction of sp³-hybridized carbons (Fsp3) is 0.545. The Balaban J connectivity index is 1.95.